The van der Waals surface area contributed by atoms with E-state index in [0.29, 0.717) is 25.2 Å². The Morgan fingerprint density at radius 3 is 2.67 bits per heavy atom. The van der Waals surface area contributed by atoms with Crippen LogP contribution in [0.5, 0.6) is 0 Å². The number of benzene rings is 1. The normalized spacial score (nSPS) is 21.8. The Hall–Kier alpha value is -1.38. The number of carboxylic acids is 1. The smallest absolute Gasteiger partial charge is 0.311 e. The van der Waals surface area contributed by atoms with E-state index in [4.69, 9.17) is 0 Å². The first-order chi connectivity index (χ1) is 9.78. The summed E-state index contributed by atoms with van der Waals surface area (Å²) < 4.78 is 0.788. The highest BCUT2D eigenvalue weighted by atomic mass is 127. The highest BCUT2D eigenvalue weighted by Gasteiger charge is 2.48. The third-order valence-electron chi connectivity index (χ3n) is 4.31. The SMILES string of the molecule is CC(C)C1(C(=O)O)CCN(c2ccc(I)cc2[N+](=O)[O-])C1. The third kappa shape index (κ3) is 2.83. The monoisotopic (exact) mass is 404 g/mol. The molecule has 0 bridgehead atoms. The maximum Gasteiger partial charge on any atom is 0.311 e. The van der Waals surface area contributed by atoms with Crippen LogP contribution in [0, 0.1) is 25.0 Å². The van der Waals surface area contributed by atoms with Gasteiger partial charge in [0.05, 0.1) is 10.3 Å². The van der Waals surface area contributed by atoms with Gasteiger partial charge in [-0.15, -0.1) is 0 Å². The molecule has 1 heterocycles. The molecular weight excluding hydrogens is 387 g/mol. The van der Waals surface area contributed by atoms with Gasteiger partial charge >= 0.3 is 5.97 Å². The van der Waals surface area contributed by atoms with Gasteiger partial charge in [0.25, 0.3) is 5.69 Å². The van der Waals surface area contributed by atoms with Gasteiger partial charge in [-0.3, -0.25) is 14.9 Å². The fourth-order valence-corrected chi connectivity index (χ4v) is 3.32. The van der Waals surface area contributed by atoms with Gasteiger partial charge in [0.2, 0.25) is 0 Å². The standard InChI is InChI=1S/C14H17IN2O4/c1-9(2)14(13(18)19)5-6-16(8-14)11-4-3-10(15)7-12(11)17(20)21/h3-4,7,9H,5-6,8H2,1-2H3,(H,18,19). The molecule has 1 N–H and O–H groups in total. The van der Waals surface area contributed by atoms with Crippen molar-refractivity contribution >= 4 is 39.9 Å². The van der Waals surface area contributed by atoms with Crippen LogP contribution in [0.2, 0.25) is 0 Å². The minimum absolute atomic E-state index is 0.0251. The quantitative estimate of drug-likeness (QED) is 0.474. The zero-order valence-corrected chi connectivity index (χ0v) is 14.0. The maximum absolute atomic E-state index is 11.7. The van der Waals surface area contributed by atoms with Crippen molar-refractivity contribution in [3.63, 3.8) is 0 Å². The van der Waals surface area contributed by atoms with Crippen molar-refractivity contribution in [2.45, 2.75) is 20.3 Å². The van der Waals surface area contributed by atoms with Crippen molar-refractivity contribution in [2.24, 2.45) is 11.3 Å². The number of nitro groups is 1. The van der Waals surface area contributed by atoms with Gasteiger partial charge in [0, 0.05) is 22.7 Å². The molecule has 0 aromatic heterocycles. The second-order valence-corrected chi connectivity index (χ2v) is 6.92. The van der Waals surface area contributed by atoms with Crippen LogP contribution in [0.1, 0.15) is 20.3 Å². The van der Waals surface area contributed by atoms with E-state index < -0.39 is 16.3 Å². The molecule has 1 unspecified atom stereocenters. The molecular formula is C14H17IN2O4. The zero-order valence-electron chi connectivity index (χ0n) is 11.9. The fourth-order valence-electron chi connectivity index (χ4n) is 2.84. The number of carboxylic acid groups (broad SMARTS) is 1. The molecule has 7 heteroatoms. The van der Waals surface area contributed by atoms with E-state index in [1.54, 1.807) is 12.1 Å². The van der Waals surface area contributed by atoms with Gasteiger partial charge in [-0.1, -0.05) is 13.8 Å². The molecule has 6 nitrogen and oxygen atoms in total. The second kappa shape index (κ2) is 5.78. The lowest BCUT2D eigenvalue weighted by Gasteiger charge is -2.29. The Morgan fingerprint density at radius 1 is 1.52 bits per heavy atom. The zero-order chi connectivity index (χ0) is 15.8. The lowest BCUT2D eigenvalue weighted by atomic mass is 9.76. The molecule has 1 saturated heterocycles. The fraction of sp³-hybridized carbons (Fsp3) is 0.500. The van der Waals surface area contributed by atoms with Crippen molar-refractivity contribution in [3.8, 4) is 0 Å². The Kier molecular flexibility index (Phi) is 4.40. The van der Waals surface area contributed by atoms with Crippen molar-refractivity contribution in [2.75, 3.05) is 18.0 Å². The summed E-state index contributed by atoms with van der Waals surface area (Å²) in [4.78, 5) is 24.3. The van der Waals surface area contributed by atoms with E-state index in [9.17, 15) is 20.0 Å². The molecule has 21 heavy (non-hydrogen) atoms. The molecule has 0 saturated carbocycles. The number of aliphatic carboxylic acids is 1. The minimum atomic E-state index is -0.836. The van der Waals surface area contributed by atoms with Gasteiger partial charge in [-0.2, -0.15) is 0 Å². The molecule has 0 spiro atoms. The highest BCUT2D eigenvalue weighted by Crippen LogP contribution is 2.42. The van der Waals surface area contributed by atoms with E-state index in [-0.39, 0.29) is 11.6 Å². The minimum Gasteiger partial charge on any atom is -0.481 e. The number of carbonyl (C=O) groups is 1. The Bertz CT molecular complexity index is 590. The molecule has 1 aliphatic rings. The molecule has 1 aromatic rings. The van der Waals surface area contributed by atoms with Gasteiger partial charge in [-0.25, -0.2) is 0 Å². The lowest BCUT2D eigenvalue weighted by molar-refractivity contribution is -0.384. The third-order valence-corrected chi connectivity index (χ3v) is 4.98. The number of nitro benzene ring substituents is 1. The summed E-state index contributed by atoms with van der Waals surface area (Å²) in [5.74, 6) is -0.851. The van der Waals surface area contributed by atoms with Crippen LogP contribution in [0.3, 0.4) is 0 Å². The molecule has 0 radical (unpaired) electrons. The lowest BCUT2D eigenvalue weighted by Crippen LogP contribution is -2.39. The van der Waals surface area contributed by atoms with Crippen LogP contribution in [0.4, 0.5) is 11.4 Å². The number of hydrogen-bond donors (Lipinski definition) is 1. The number of halogens is 1. The van der Waals surface area contributed by atoms with Crippen LogP contribution in [-0.4, -0.2) is 29.1 Å². The second-order valence-electron chi connectivity index (χ2n) is 5.68. The Balaban J connectivity index is 2.38. The Labute approximate surface area is 136 Å². The molecule has 0 aliphatic carbocycles. The van der Waals surface area contributed by atoms with Crippen LogP contribution in [0.15, 0.2) is 18.2 Å². The molecule has 1 atom stereocenters. The van der Waals surface area contributed by atoms with Gasteiger partial charge in [-0.05, 0) is 47.1 Å². The van der Waals surface area contributed by atoms with Crippen LogP contribution < -0.4 is 4.90 Å². The summed E-state index contributed by atoms with van der Waals surface area (Å²) in [7, 11) is 0. The van der Waals surface area contributed by atoms with E-state index in [1.165, 1.54) is 6.07 Å². The summed E-state index contributed by atoms with van der Waals surface area (Å²) in [5.41, 5.74) is -0.298. The van der Waals surface area contributed by atoms with Crippen molar-refractivity contribution in [1.29, 1.82) is 0 Å². The number of rotatable bonds is 4. The topological polar surface area (TPSA) is 83.7 Å². The average molecular weight is 404 g/mol. The van der Waals surface area contributed by atoms with E-state index >= 15 is 0 Å². The van der Waals surface area contributed by atoms with Crippen LogP contribution in [0.25, 0.3) is 0 Å². The number of anilines is 1. The average Bonchev–Trinajstić information content (AvgIpc) is 2.84. The number of nitrogens with zero attached hydrogens (tertiary/aromatic N) is 2. The summed E-state index contributed by atoms with van der Waals surface area (Å²) in [6, 6.07) is 5.03. The van der Waals surface area contributed by atoms with Gasteiger partial charge in [0.15, 0.2) is 0 Å². The molecule has 114 valence electrons. The van der Waals surface area contributed by atoms with E-state index in [2.05, 4.69) is 0 Å². The van der Waals surface area contributed by atoms with Crippen molar-refractivity contribution < 1.29 is 14.8 Å². The first-order valence-electron chi connectivity index (χ1n) is 6.70. The number of hydrogen-bond acceptors (Lipinski definition) is 4. The summed E-state index contributed by atoms with van der Waals surface area (Å²) in [6.07, 6.45) is 0.503. The predicted molar refractivity (Wildman–Crippen MR) is 87.6 cm³/mol. The highest BCUT2D eigenvalue weighted by molar-refractivity contribution is 14.1. The summed E-state index contributed by atoms with van der Waals surface area (Å²) in [5, 5.41) is 20.8. The van der Waals surface area contributed by atoms with E-state index in [1.807, 2.05) is 41.3 Å². The van der Waals surface area contributed by atoms with Crippen LogP contribution >= 0.6 is 22.6 Å². The van der Waals surface area contributed by atoms with E-state index in [0.717, 1.165) is 3.57 Å². The summed E-state index contributed by atoms with van der Waals surface area (Å²) in [6.45, 7) is 4.60. The Morgan fingerprint density at radius 2 is 2.19 bits per heavy atom. The van der Waals surface area contributed by atoms with Gasteiger partial charge < -0.3 is 10.0 Å². The predicted octanol–water partition coefficient (Wildman–Crippen LogP) is 3.14. The molecule has 1 aliphatic heterocycles. The molecule has 0 amide bonds. The maximum atomic E-state index is 11.7. The van der Waals surface area contributed by atoms with Crippen molar-refractivity contribution in [1.82, 2.24) is 0 Å². The van der Waals surface area contributed by atoms with Crippen molar-refractivity contribution in [3.05, 3.63) is 31.9 Å². The largest absolute Gasteiger partial charge is 0.481 e. The summed E-state index contributed by atoms with van der Waals surface area (Å²) >= 11 is 2.03. The molecule has 2 rings (SSSR count). The van der Waals surface area contributed by atoms with Gasteiger partial charge in [0.1, 0.15) is 5.69 Å². The first kappa shape index (κ1) is 16.0. The first-order valence-corrected chi connectivity index (χ1v) is 7.78. The molecule has 1 aromatic carbocycles. The molecule has 1 fully saturated rings. The van der Waals surface area contributed by atoms with Crippen LogP contribution in [-0.2, 0) is 4.79 Å².